The number of furan rings is 1. The van der Waals surface area contributed by atoms with E-state index in [2.05, 4.69) is 11.8 Å². The van der Waals surface area contributed by atoms with Crippen molar-refractivity contribution in [1.29, 1.82) is 0 Å². The Balaban J connectivity index is 1.68. The Morgan fingerprint density at radius 2 is 2.09 bits per heavy atom. The van der Waals surface area contributed by atoms with Gasteiger partial charge in [0, 0.05) is 18.4 Å². The van der Waals surface area contributed by atoms with Crippen LogP contribution in [0.4, 0.5) is 0 Å². The molecule has 0 radical (unpaired) electrons. The molecular formula is C20H31NO2. The monoisotopic (exact) mass is 317 g/mol. The van der Waals surface area contributed by atoms with Gasteiger partial charge in [0.1, 0.15) is 5.76 Å². The van der Waals surface area contributed by atoms with Gasteiger partial charge in [-0.2, -0.15) is 0 Å². The lowest BCUT2D eigenvalue weighted by Gasteiger charge is -2.20. The van der Waals surface area contributed by atoms with E-state index in [-0.39, 0.29) is 6.61 Å². The highest BCUT2D eigenvalue weighted by Crippen LogP contribution is 2.27. The van der Waals surface area contributed by atoms with Crippen molar-refractivity contribution < 1.29 is 9.52 Å². The van der Waals surface area contributed by atoms with Crippen LogP contribution in [0.3, 0.4) is 0 Å². The van der Waals surface area contributed by atoms with Gasteiger partial charge < -0.3 is 15.3 Å². The molecule has 2 rings (SSSR count). The summed E-state index contributed by atoms with van der Waals surface area (Å²) in [6.45, 7) is 1.84. The fourth-order valence-electron chi connectivity index (χ4n) is 3.17. The Kier molecular flexibility index (Phi) is 7.20. The van der Waals surface area contributed by atoms with E-state index in [0.717, 1.165) is 30.3 Å². The molecule has 0 saturated heterocycles. The predicted molar refractivity (Wildman–Crippen MR) is 94.0 cm³/mol. The summed E-state index contributed by atoms with van der Waals surface area (Å²) < 4.78 is 5.71. The van der Waals surface area contributed by atoms with E-state index >= 15 is 0 Å². The summed E-state index contributed by atoms with van der Waals surface area (Å²) in [4.78, 5) is 0. The van der Waals surface area contributed by atoms with Crippen molar-refractivity contribution in [3.63, 3.8) is 0 Å². The van der Waals surface area contributed by atoms with Gasteiger partial charge in [-0.3, -0.25) is 0 Å². The third-order valence-electron chi connectivity index (χ3n) is 4.82. The van der Waals surface area contributed by atoms with Gasteiger partial charge in [-0.25, -0.2) is 0 Å². The molecule has 128 valence electrons. The van der Waals surface area contributed by atoms with E-state index in [1.165, 1.54) is 44.9 Å². The Bertz CT molecular complexity index is 515. The number of aryl methyl sites for hydroxylation is 1. The lowest BCUT2D eigenvalue weighted by atomic mass is 9.86. The van der Waals surface area contributed by atoms with Gasteiger partial charge in [0.25, 0.3) is 0 Å². The van der Waals surface area contributed by atoms with Crippen LogP contribution < -0.4 is 5.73 Å². The molecule has 3 nitrogen and oxygen atoms in total. The van der Waals surface area contributed by atoms with Gasteiger partial charge in [-0.1, -0.05) is 38.0 Å². The summed E-state index contributed by atoms with van der Waals surface area (Å²) in [7, 11) is 0. The quantitative estimate of drug-likeness (QED) is 0.590. The van der Waals surface area contributed by atoms with E-state index in [0.29, 0.717) is 6.42 Å². The van der Waals surface area contributed by atoms with Crippen molar-refractivity contribution in [2.24, 2.45) is 11.7 Å². The second-order valence-corrected chi connectivity index (χ2v) is 7.28. The maximum absolute atomic E-state index is 9.16. The number of rotatable bonds is 7. The van der Waals surface area contributed by atoms with Crippen LogP contribution >= 0.6 is 0 Å². The molecule has 0 spiro atoms. The number of nitrogens with two attached hydrogens (primary N) is 1. The van der Waals surface area contributed by atoms with E-state index in [9.17, 15) is 0 Å². The first kappa shape index (κ1) is 18.1. The number of hydrogen-bond donors (Lipinski definition) is 2. The zero-order valence-corrected chi connectivity index (χ0v) is 14.4. The van der Waals surface area contributed by atoms with Crippen molar-refractivity contribution in [2.45, 2.75) is 76.7 Å². The molecule has 3 N–H and O–H groups in total. The van der Waals surface area contributed by atoms with Gasteiger partial charge in [-0.05, 0) is 50.2 Å². The van der Waals surface area contributed by atoms with E-state index in [1.807, 2.05) is 19.1 Å². The first-order chi connectivity index (χ1) is 11.1. The van der Waals surface area contributed by atoms with Gasteiger partial charge in [-0.15, -0.1) is 0 Å². The molecule has 1 aliphatic rings. The molecule has 0 aliphatic heterocycles. The van der Waals surface area contributed by atoms with Crippen molar-refractivity contribution in [1.82, 2.24) is 0 Å². The van der Waals surface area contributed by atoms with E-state index in [4.69, 9.17) is 15.3 Å². The molecule has 1 heterocycles. The van der Waals surface area contributed by atoms with Crippen LogP contribution in [0, 0.1) is 17.8 Å². The minimum absolute atomic E-state index is 0.0125. The van der Waals surface area contributed by atoms with Crippen molar-refractivity contribution >= 4 is 0 Å². The SMILES string of the molecule is C[C@](N)(CO)CCc1ccc(C#CCCCC2CCCCC2)o1. The molecule has 0 bridgehead atoms. The summed E-state index contributed by atoms with van der Waals surface area (Å²) >= 11 is 0. The van der Waals surface area contributed by atoms with Crippen LogP contribution in [-0.4, -0.2) is 17.3 Å². The molecule has 23 heavy (non-hydrogen) atoms. The standard InChI is InChI=1S/C20H31NO2/c1-20(21,16-22)15-14-19-13-12-18(23-19)11-7-3-6-10-17-8-4-2-5-9-17/h12-13,17,22H,2-6,8-10,14-16,21H2,1H3/t20-/m1/s1. The van der Waals surface area contributed by atoms with E-state index < -0.39 is 5.54 Å². The average Bonchev–Trinajstić information content (AvgIpc) is 3.02. The molecule has 1 saturated carbocycles. The van der Waals surface area contributed by atoms with Crippen LogP contribution in [0.1, 0.15) is 76.2 Å². The minimum atomic E-state index is -0.544. The summed E-state index contributed by atoms with van der Waals surface area (Å²) in [6, 6.07) is 3.88. The number of unbranched alkanes of at least 4 members (excludes halogenated alkanes) is 1. The molecule has 0 unspecified atom stereocenters. The first-order valence-electron chi connectivity index (χ1n) is 9.06. The molecule has 3 heteroatoms. The summed E-state index contributed by atoms with van der Waals surface area (Å²) in [6.07, 6.45) is 12.0. The lowest BCUT2D eigenvalue weighted by molar-refractivity contribution is 0.199. The smallest absolute Gasteiger partial charge is 0.177 e. The van der Waals surface area contributed by atoms with Crippen LogP contribution in [-0.2, 0) is 6.42 Å². The Morgan fingerprint density at radius 3 is 2.83 bits per heavy atom. The third kappa shape index (κ3) is 6.81. The predicted octanol–water partition coefficient (Wildman–Crippen LogP) is 4.02. The first-order valence-corrected chi connectivity index (χ1v) is 9.06. The van der Waals surface area contributed by atoms with E-state index in [1.54, 1.807) is 0 Å². The average molecular weight is 317 g/mol. The van der Waals surface area contributed by atoms with Crippen molar-refractivity contribution in [3.8, 4) is 11.8 Å². The molecule has 0 amide bonds. The topological polar surface area (TPSA) is 59.4 Å². The Hall–Kier alpha value is -1.24. The second-order valence-electron chi connectivity index (χ2n) is 7.28. The summed E-state index contributed by atoms with van der Waals surface area (Å²) in [5.74, 6) is 8.92. The van der Waals surface area contributed by atoms with Crippen molar-refractivity contribution in [2.75, 3.05) is 6.61 Å². The molecule has 1 fully saturated rings. The lowest BCUT2D eigenvalue weighted by Crippen LogP contribution is -2.40. The minimum Gasteiger partial charge on any atom is -0.453 e. The fraction of sp³-hybridized carbons (Fsp3) is 0.700. The molecule has 1 aromatic heterocycles. The zero-order valence-electron chi connectivity index (χ0n) is 14.4. The maximum atomic E-state index is 9.16. The fourth-order valence-corrected chi connectivity index (χ4v) is 3.17. The second kappa shape index (κ2) is 9.15. The Morgan fingerprint density at radius 1 is 1.30 bits per heavy atom. The van der Waals surface area contributed by atoms with Crippen LogP contribution in [0.2, 0.25) is 0 Å². The maximum Gasteiger partial charge on any atom is 0.177 e. The zero-order chi connectivity index (χ0) is 16.5. The van der Waals surface area contributed by atoms with Gasteiger partial charge >= 0.3 is 0 Å². The highest BCUT2D eigenvalue weighted by molar-refractivity contribution is 5.26. The van der Waals surface area contributed by atoms with Crippen LogP contribution in [0.5, 0.6) is 0 Å². The van der Waals surface area contributed by atoms with Gasteiger partial charge in [0.2, 0.25) is 0 Å². The highest BCUT2D eigenvalue weighted by atomic mass is 16.3. The van der Waals surface area contributed by atoms with Crippen LogP contribution in [0.25, 0.3) is 0 Å². The summed E-state index contributed by atoms with van der Waals surface area (Å²) in [5.41, 5.74) is 5.38. The normalized spacial score (nSPS) is 18.2. The van der Waals surface area contributed by atoms with Gasteiger partial charge in [0.05, 0.1) is 6.61 Å². The number of hydrogen-bond acceptors (Lipinski definition) is 3. The number of aliphatic hydroxyl groups excluding tert-OH is 1. The van der Waals surface area contributed by atoms with Gasteiger partial charge in [0.15, 0.2) is 5.76 Å². The molecule has 1 aliphatic carbocycles. The number of aliphatic hydroxyl groups is 1. The molecule has 1 aromatic rings. The Labute approximate surface area is 140 Å². The molecular weight excluding hydrogens is 286 g/mol. The van der Waals surface area contributed by atoms with Crippen LogP contribution in [0.15, 0.2) is 16.5 Å². The van der Waals surface area contributed by atoms with Crippen molar-refractivity contribution in [3.05, 3.63) is 23.7 Å². The highest BCUT2D eigenvalue weighted by Gasteiger charge is 2.17. The molecule has 1 atom stereocenters. The summed E-state index contributed by atoms with van der Waals surface area (Å²) in [5, 5.41) is 9.16. The largest absolute Gasteiger partial charge is 0.453 e. The molecule has 0 aromatic carbocycles. The third-order valence-corrected chi connectivity index (χ3v) is 4.82.